The zero-order chi connectivity index (χ0) is 18.4. The Labute approximate surface area is 164 Å². The van der Waals surface area contributed by atoms with Gasteiger partial charge in [0.15, 0.2) is 0 Å². The average Bonchev–Trinajstić information content (AvgIpc) is 2.68. The Balaban J connectivity index is 1.55. The van der Waals surface area contributed by atoms with Crippen molar-refractivity contribution in [1.29, 1.82) is 0 Å². The third-order valence-electron chi connectivity index (χ3n) is 6.42. The number of rotatable bonds is 8. The molecule has 1 saturated heterocycles. The molecule has 4 heteroatoms. The van der Waals surface area contributed by atoms with Crippen molar-refractivity contribution in [1.82, 2.24) is 9.21 Å². The van der Waals surface area contributed by atoms with Crippen molar-refractivity contribution in [3.8, 4) is 0 Å². The van der Waals surface area contributed by atoms with Crippen molar-refractivity contribution >= 4 is 11.9 Å². The lowest BCUT2D eigenvalue weighted by Crippen LogP contribution is -2.30. The van der Waals surface area contributed by atoms with Crippen LogP contribution in [0.25, 0.3) is 0 Å². The molecule has 1 N–H and O–H groups in total. The van der Waals surface area contributed by atoms with Crippen molar-refractivity contribution in [3.63, 3.8) is 0 Å². The molecule has 0 amide bonds. The normalized spacial score (nSPS) is 20.9. The Morgan fingerprint density at radius 2 is 1.96 bits per heavy atom. The molecule has 1 unspecified atom stereocenters. The highest BCUT2D eigenvalue weighted by molar-refractivity contribution is 7.96. The number of piperidine rings is 1. The van der Waals surface area contributed by atoms with Gasteiger partial charge in [-0.05, 0) is 87.0 Å². The molecule has 1 atom stereocenters. The first-order valence-electron chi connectivity index (χ1n) is 10.4. The fraction of sp³-hybridized carbons (Fsp3) is 0.727. The fourth-order valence-corrected chi connectivity index (χ4v) is 5.14. The summed E-state index contributed by atoms with van der Waals surface area (Å²) in [4.78, 5) is 2.45. The van der Waals surface area contributed by atoms with Crippen LogP contribution < -0.4 is 0 Å². The summed E-state index contributed by atoms with van der Waals surface area (Å²) in [5, 5.41) is 9.57. The van der Waals surface area contributed by atoms with Gasteiger partial charge in [0.2, 0.25) is 0 Å². The van der Waals surface area contributed by atoms with Gasteiger partial charge in [0, 0.05) is 19.7 Å². The van der Waals surface area contributed by atoms with Crippen LogP contribution in [-0.2, 0) is 13.0 Å². The fourth-order valence-electron chi connectivity index (χ4n) is 4.59. The van der Waals surface area contributed by atoms with Crippen LogP contribution in [0.2, 0.25) is 0 Å². The lowest BCUT2D eigenvalue weighted by atomic mass is 9.85. The highest BCUT2D eigenvalue weighted by Gasteiger charge is 2.20. The van der Waals surface area contributed by atoms with Crippen LogP contribution in [-0.4, -0.2) is 53.9 Å². The lowest BCUT2D eigenvalue weighted by Gasteiger charge is -2.29. The maximum absolute atomic E-state index is 9.57. The summed E-state index contributed by atoms with van der Waals surface area (Å²) in [5.41, 5.74) is 4.48. The first-order valence-corrected chi connectivity index (χ1v) is 11.6. The van der Waals surface area contributed by atoms with Crippen LogP contribution in [0, 0.1) is 5.92 Å². The van der Waals surface area contributed by atoms with Gasteiger partial charge in [-0.1, -0.05) is 43.0 Å². The second kappa shape index (κ2) is 10.1. The molecule has 0 bridgehead atoms. The summed E-state index contributed by atoms with van der Waals surface area (Å²) in [7, 11) is 2.24. The predicted molar refractivity (Wildman–Crippen MR) is 113 cm³/mol. The molecule has 0 saturated carbocycles. The molecule has 0 radical (unpaired) electrons. The van der Waals surface area contributed by atoms with E-state index in [1.54, 1.807) is 0 Å². The molecule has 26 heavy (non-hydrogen) atoms. The Morgan fingerprint density at radius 3 is 2.69 bits per heavy atom. The summed E-state index contributed by atoms with van der Waals surface area (Å²) in [5.74, 6) is 1.44. The standard InChI is InChI=1S/C22H36N2OS/c1-23-12-8-18(9-13-23)4-3-5-19(11-15-25)20-6-7-22-17-24(26-2)14-10-21(22)16-20/h6-7,16,18-19,25H,3-5,8-15,17H2,1-2H3. The summed E-state index contributed by atoms with van der Waals surface area (Å²) in [6.07, 6.45) is 10.9. The summed E-state index contributed by atoms with van der Waals surface area (Å²) in [6, 6.07) is 7.12. The number of aliphatic hydroxyl groups excluding tert-OH is 1. The molecule has 3 nitrogen and oxygen atoms in total. The van der Waals surface area contributed by atoms with E-state index in [1.165, 1.54) is 61.9 Å². The molecule has 1 aromatic rings. The molecule has 0 spiro atoms. The Morgan fingerprint density at radius 1 is 1.15 bits per heavy atom. The topological polar surface area (TPSA) is 26.7 Å². The van der Waals surface area contributed by atoms with Crippen LogP contribution >= 0.6 is 11.9 Å². The molecular formula is C22H36N2OS. The Kier molecular flexibility index (Phi) is 7.86. The van der Waals surface area contributed by atoms with Gasteiger partial charge < -0.3 is 10.0 Å². The van der Waals surface area contributed by atoms with Crippen LogP contribution in [0.4, 0.5) is 0 Å². The largest absolute Gasteiger partial charge is 0.396 e. The molecule has 1 fully saturated rings. The lowest BCUT2D eigenvalue weighted by molar-refractivity contribution is 0.207. The first-order chi connectivity index (χ1) is 12.7. The number of likely N-dealkylation sites (tertiary alicyclic amines) is 1. The van der Waals surface area contributed by atoms with Gasteiger partial charge in [-0.3, -0.25) is 0 Å². The minimum atomic E-state index is 0.302. The van der Waals surface area contributed by atoms with Gasteiger partial charge in [0.1, 0.15) is 0 Å². The van der Waals surface area contributed by atoms with Crippen molar-refractivity contribution in [2.75, 3.05) is 39.5 Å². The van der Waals surface area contributed by atoms with E-state index >= 15 is 0 Å². The minimum Gasteiger partial charge on any atom is -0.396 e. The number of hydrogen-bond donors (Lipinski definition) is 1. The summed E-state index contributed by atoms with van der Waals surface area (Å²) < 4.78 is 2.44. The van der Waals surface area contributed by atoms with Gasteiger partial charge in [0.25, 0.3) is 0 Å². The maximum Gasteiger partial charge on any atom is 0.0436 e. The van der Waals surface area contributed by atoms with E-state index in [9.17, 15) is 5.11 Å². The second-order valence-electron chi connectivity index (χ2n) is 8.21. The number of benzene rings is 1. The number of hydrogen-bond acceptors (Lipinski definition) is 4. The quantitative estimate of drug-likeness (QED) is 0.684. The summed E-state index contributed by atoms with van der Waals surface area (Å²) >= 11 is 1.85. The first kappa shape index (κ1) is 20.2. The van der Waals surface area contributed by atoms with E-state index in [4.69, 9.17) is 0 Å². The van der Waals surface area contributed by atoms with Gasteiger partial charge >= 0.3 is 0 Å². The molecule has 2 heterocycles. The van der Waals surface area contributed by atoms with Crippen molar-refractivity contribution in [2.24, 2.45) is 5.92 Å². The summed E-state index contributed by atoms with van der Waals surface area (Å²) in [6.45, 7) is 5.05. The highest BCUT2D eigenvalue weighted by Crippen LogP contribution is 2.32. The minimum absolute atomic E-state index is 0.302. The number of aliphatic hydroxyl groups is 1. The van der Waals surface area contributed by atoms with Crippen molar-refractivity contribution < 1.29 is 5.11 Å². The van der Waals surface area contributed by atoms with E-state index in [-0.39, 0.29) is 0 Å². The monoisotopic (exact) mass is 376 g/mol. The Hall–Kier alpha value is -0.550. The van der Waals surface area contributed by atoms with Crippen molar-refractivity contribution in [2.45, 2.75) is 57.4 Å². The number of nitrogens with zero attached hydrogens (tertiary/aromatic N) is 2. The third kappa shape index (κ3) is 5.48. The van der Waals surface area contributed by atoms with E-state index in [0.29, 0.717) is 12.5 Å². The molecule has 3 rings (SSSR count). The molecule has 2 aliphatic rings. The third-order valence-corrected chi connectivity index (χ3v) is 7.25. The molecular weight excluding hydrogens is 340 g/mol. The maximum atomic E-state index is 9.57. The molecule has 0 aliphatic carbocycles. The van der Waals surface area contributed by atoms with Crippen LogP contribution in [0.1, 0.15) is 61.1 Å². The van der Waals surface area contributed by atoms with Crippen LogP contribution in [0.3, 0.4) is 0 Å². The number of fused-ring (bicyclic) bond motifs is 1. The predicted octanol–water partition coefficient (Wildman–Crippen LogP) is 4.30. The molecule has 1 aromatic carbocycles. The van der Waals surface area contributed by atoms with E-state index in [0.717, 1.165) is 31.8 Å². The molecule has 146 valence electrons. The molecule has 0 aromatic heterocycles. The van der Waals surface area contributed by atoms with E-state index in [1.807, 2.05) is 11.9 Å². The zero-order valence-corrected chi connectivity index (χ0v) is 17.4. The van der Waals surface area contributed by atoms with Gasteiger partial charge in [-0.25, -0.2) is 4.31 Å². The SMILES string of the molecule is CSN1CCc2cc(C(CCO)CCCC3CCN(C)CC3)ccc2C1. The van der Waals surface area contributed by atoms with Gasteiger partial charge in [-0.15, -0.1) is 0 Å². The van der Waals surface area contributed by atoms with E-state index < -0.39 is 0 Å². The average molecular weight is 377 g/mol. The zero-order valence-electron chi connectivity index (χ0n) is 16.6. The van der Waals surface area contributed by atoms with Crippen molar-refractivity contribution in [3.05, 3.63) is 34.9 Å². The smallest absolute Gasteiger partial charge is 0.0436 e. The van der Waals surface area contributed by atoms with Crippen LogP contribution in [0.5, 0.6) is 0 Å². The Bertz CT molecular complexity index is 557. The van der Waals surface area contributed by atoms with E-state index in [2.05, 4.69) is 40.7 Å². The highest BCUT2D eigenvalue weighted by atomic mass is 32.2. The van der Waals surface area contributed by atoms with Gasteiger partial charge in [0.05, 0.1) is 0 Å². The van der Waals surface area contributed by atoms with Gasteiger partial charge in [-0.2, -0.15) is 0 Å². The van der Waals surface area contributed by atoms with Crippen LogP contribution in [0.15, 0.2) is 18.2 Å². The second-order valence-corrected chi connectivity index (χ2v) is 9.09. The molecule has 2 aliphatic heterocycles.